The topological polar surface area (TPSA) is 29.0 Å². The second-order valence-corrected chi connectivity index (χ2v) is 5.16. The van der Waals surface area contributed by atoms with Gasteiger partial charge in [-0.15, -0.1) is 10.2 Å². The maximum atomic E-state index is 4.15. The van der Waals surface area contributed by atoms with Gasteiger partial charge >= 0.3 is 0 Å². The molecule has 0 radical (unpaired) electrons. The van der Waals surface area contributed by atoms with Gasteiger partial charge in [-0.05, 0) is 12.1 Å². The van der Waals surface area contributed by atoms with Crippen LogP contribution in [0.2, 0.25) is 0 Å². The molecule has 1 aromatic heterocycles. The Bertz CT molecular complexity index is 450. The van der Waals surface area contributed by atoms with Crippen molar-refractivity contribution in [3.8, 4) is 10.6 Å². The minimum atomic E-state index is 0.924. The van der Waals surface area contributed by atoms with Crippen LogP contribution in [0, 0.1) is 0 Å². The molecule has 1 aromatic carbocycles. The monoisotopic (exact) mass is 283 g/mol. The lowest BCUT2D eigenvalue weighted by Crippen LogP contribution is -2.07. The van der Waals surface area contributed by atoms with Gasteiger partial charge in [0.2, 0.25) is 5.13 Å². The van der Waals surface area contributed by atoms with Crippen LogP contribution in [0.25, 0.3) is 10.6 Å². The maximum absolute atomic E-state index is 4.15. The molecule has 0 saturated carbocycles. The zero-order valence-corrected chi connectivity index (χ0v) is 10.8. The number of hydrogen-bond donors (Lipinski definition) is 0. The van der Waals surface area contributed by atoms with Gasteiger partial charge in [0.15, 0.2) is 0 Å². The van der Waals surface area contributed by atoms with Gasteiger partial charge in [0, 0.05) is 24.1 Å². The second-order valence-electron chi connectivity index (χ2n) is 3.29. The molecule has 0 N–H and O–H groups in total. The van der Waals surface area contributed by atoms with Gasteiger partial charge in [-0.1, -0.05) is 39.4 Å². The smallest absolute Gasteiger partial charge is 0.208 e. The first-order chi connectivity index (χ1) is 7.16. The van der Waals surface area contributed by atoms with Gasteiger partial charge in [0.1, 0.15) is 5.01 Å². The molecule has 0 atom stereocenters. The molecule has 0 bridgehead atoms. The summed E-state index contributed by atoms with van der Waals surface area (Å²) >= 11 is 4.99. The summed E-state index contributed by atoms with van der Waals surface area (Å²) in [5.41, 5.74) is 1.10. The maximum Gasteiger partial charge on any atom is 0.208 e. The van der Waals surface area contributed by atoms with Crippen molar-refractivity contribution < 1.29 is 0 Å². The zero-order valence-electron chi connectivity index (χ0n) is 8.44. The van der Waals surface area contributed by atoms with Crippen molar-refractivity contribution in [3.05, 3.63) is 28.7 Å². The van der Waals surface area contributed by atoms with E-state index in [-0.39, 0.29) is 0 Å². The summed E-state index contributed by atoms with van der Waals surface area (Å²) in [6, 6.07) is 8.08. The van der Waals surface area contributed by atoms with Gasteiger partial charge in [-0.25, -0.2) is 0 Å². The quantitative estimate of drug-likeness (QED) is 0.848. The molecule has 2 rings (SSSR count). The van der Waals surface area contributed by atoms with Crippen molar-refractivity contribution in [2.45, 2.75) is 0 Å². The molecule has 0 spiro atoms. The van der Waals surface area contributed by atoms with Crippen LogP contribution in [0.15, 0.2) is 28.7 Å². The molecular formula is C10H10BrN3S. The summed E-state index contributed by atoms with van der Waals surface area (Å²) in [6.45, 7) is 0. The average molecular weight is 284 g/mol. The highest BCUT2D eigenvalue weighted by molar-refractivity contribution is 9.10. The molecule has 0 fully saturated rings. The molecule has 5 heteroatoms. The lowest BCUT2D eigenvalue weighted by Gasteiger charge is -2.03. The Hall–Kier alpha value is -0.940. The minimum absolute atomic E-state index is 0.924. The molecule has 0 aliphatic rings. The highest BCUT2D eigenvalue weighted by atomic mass is 79.9. The number of nitrogens with zero attached hydrogens (tertiary/aromatic N) is 3. The summed E-state index contributed by atoms with van der Waals surface area (Å²) in [4.78, 5) is 1.96. The van der Waals surface area contributed by atoms with Crippen molar-refractivity contribution in [1.29, 1.82) is 0 Å². The first-order valence-electron chi connectivity index (χ1n) is 4.43. The molecule has 3 nitrogen and oxygen atoms in total. The third kappa shape index (κ3) is 2.35. The Morgan fingerprint density at radius 2 is 1.80 bits per heavy atom. The standard InChI is InChI=1S/C10H10BrN3S/c1-14(2)10-13-12-9(15-10)7-3-5-8(11)6-4-7/h3-6H,1-2H3. The molecule has 1 heterocycles. The molecule has 0 saturated heterocycles. The molecule has 0 aliphatic carbocycles. The number of hydrogen-bond acceptors (Lipinski definition) is 4. The van der Waals surface area contributed by atoms with E-state index in [1.165, 1.54) is 0 Å². The van der Waals surface area contributed by atoms with E-state index in [0.717, 1.165) is 20.2 Å². The number of rotatable bonds is 2. The van der Waals surface area contributed by atoms with Crippen LogP contribution in [0.1, 0.15) is 0 Å². The van der Waals surface area contributed by atoms with E-state index in [1.807, 2.05) is 43.3 Å². The predicted molar refractivity (Wildman–Crippen MR) is 67.4 cm³/mol. The fourth-order valence-electron chi connectivity index (χ4n) is 1.11. The van der Waals surface area contributed by atoms with E-state index in [0.29, 0.717) is 0 Å². The summed E-state index contributed by atoms with van der Waals surface area (Å²) in [5.74, 6) is 0. The van der Waals surface area contributed by atoms with Gasteiger partial charge in [0.25, 0.3) is 0 Å². The summed E-state index contributed by atoms with van der Waals surface area (Å²) < 4.78 is 1.07. The van der Waals surface area contributed by atoms with Gasteiger partial charge < -0.3 is 4.90 Å². The normalized spacial score (nSPS) is 10.3. The summed E-state index contributed by atoms with van der Waals surface area (Å²) in [6.07, 6.45) is 0. The number of aromatic nitrogens is 2. The largest absolute Gasteiger partial charge is 0.353 e. The van der Waals surface area contributed by atoms with Crippen molar-refractivity contribution in [2.24, 2.45) is 0 Å². The van der Waals surface area contributed by atoms with Crippen LogP contribution in [-0.2, 0) is 0 Å². The lowest BCUT2D eigenvalue weighted by molar-refractivity contribution is 1.02. The van der Waals surface area contributed by atoms with Crippen molar-refractivity contribution in [2.75, 3.05) is 19.0 Å². The van der Waals surface area contributed by atoms with Crippen LogP contribution in [0.4, 0.5) is 5.13 Å². The van der Waals surface area contributed by atoms with E-state index in [2.05, 4.69) is 26.1 Å². The highest BCUT2D eigenvalue weighted by Crippen LogP contribution is 2.28. The minimum Gasteiger partial charge on any atom is -0.353 e. The molecule has 15 heavy (non-hydrogen) atoms. The predicted octanol–water partition coefficient (Wildman–Crippen LogP) is 3.03. The Morgan fingerprint density at radius 1 is 1.13 bits per heavy atom. The third-order valence-corrected chi connectivity index (χ3v) is 3.56. The fourth-order valence-corrected chi connectivity index (χ4v) is 2.14. The molecule has 0 aliphatic heterocycles. The van der Waals surface area contributed by atoms with E-state index >= 15 is 0 Å². The number of benzene rings is 1. The van der Waals surface area contributed by atoms with E-state index in [9.17, 15) is 0 Å². The molecule has 78 valence electrons. The van der Waals surface area contributed by atoms with Crippen LogP contribution < -0.4 is 4.90 Å². The van der Waals surface area contributed by atoms with Crippen LogP contribution in [0.5, 0.6) is 0 Å². The van der Waals surface area contributed by atoms with Gasteiger partial charge in [-0.2, -0.15) is 0 Å². The third-order valence-electron chi connectivity index (χ3n) is 1.89. The van der Waals surface area contributed by atoms with Crippen LogP contribution in [0.3, 0.4) is 0 Å². The first kappa shape index (κ1) is 10.6. The van der Waals surface area contributed by atoms with Crippen molar-refractivity contribution in [1.82, 2.24) is 10.2 Å². The highest BCUT2D eigenvalue weighted by Gasteiger charge is 2.07. The summed E-state index contributed by atoms with van der Waals surface area (Å²) in [7, 11) is 3.93. The van der Waals surface area contributed by atoms with E-state index < -0.39 is 0 Å². The van der Waals surface area contributed by atoms with Gasteiger partial charge in [-0.3, -0.25) is 0 Å². The molecular weight excluding hydrogens is 274 g/mol. The Morgan fingerprint density at radius 3 is 2.33 bits per heavy atom. The van der Waals surface area contributed by atoms with E-state index in [1.54, 1.807) is 11.3 Å². The van der Waals surface area contributed by atoms with Crippen LogP contribution >= 0.6 is 27.3 Å². The lowest BCUT2D eigenvalue weighted by atomic mass is 10.2. The SMILES string of the molecule is CN(C)c1nnc(-c2ccc(Br)cc2)s1. The van der Waals surface area contributed by atoms with Gasteiger partial charge in [0.05, 0.1) is 0 Å². The van der Waals surface area contributed by atoms with Crippen molar-refractivity contribution >= 4 is 32.4 Å². The summed E-state index contributed by atoms with van der Waals surface area (Å²) in [5, 5.41) is 10.1. The van der Waals surface area contributed by atoms with Crippen molar-refractivity contribution in [3.63, 3.8) is 0 Å². The second kappa shape index (κ2) is 4.28. The Balaban J connectivity index is 2.33. The van der Waals surface area contributed by atoms with Crippen LogP contribution in [-0.4, -0.2) is 24.3 Å². The van der Waals surface area contributed by atoms with E-state index in [4.69, 9.17) is 0 Å². The first-order valence-corrected chi connectivity index (χ1v) is 6.04. The molecule has 0 amide bonds. The number of halogens is 1. The molecule has 2 aromatic rings. The number of anilines is 1. The fraction of sp³-hybridized carbons (Fsp3) is 0.200. The average Bonchev–Trinajstić information content (AvgIpc) is 2.68. The molecule has 0 unspecified atom stereocenters. The Labute approximate surface area is 101 Å². The Kier molecular flexibility index (Phi) is 3.02. The zero-order chi connectivity index (χ0) is 10.8.